The van der Waals surface area contributed by atoms with Gasteiger partial charge in [0.15, 0.2) is 6.10 Å². The molecule has 3 atom stereocenters. The first-order chi connectivity index (χ1) is 15.6. The molecule has 5 rings (SSSR count). The van der Waals surface area contributed by atoms with Crippen molar-refractivity contribution >= 4 is 23.2 Å². The zero-order valence-corrected chi connectivity index (χ0v) is 17.4. The number of rotatable bonds is 5. The largest absolute Gasteiger partial charge is 0.494 e. The molecule has 0 bridgehead atoms. The summed E-state index contributed by atoms with van der Waals surface area (Å²) in [6.45, 7) is 2.40. The maximum atomic E-state index is 13.6. The van der Waals surface area contributed by atoms with Gasteiger partial charge in [-0.3, -0.25) is 14.4 Å². The fourth-order valence-electron chi connectivity index (χ4n) is 4.32. The number of benzene rings is 3. The Kier molecular flexibility index (Phi) is 5.11. The highest BCUT2D eigenvalue weighted by atomic mass is 19.1. The molecule has 0 spiro atoms. The van der Waals surface area contributed by atoms with E-state index in [9.17, 15) is 14.0 Å². The predicted molar refractivity (Wildman–Crippen MR) is 117 cm³/mol. The number of hydrogen-bond acceptors (Lipinski definition) is 5. The number of nitrogens with zero attached hydrogens (tertiary/aromatic N) is 2. The van der Waals surface area contributed by atoms with Gasteiger partial charge >= 0.3 is 0 Å². The van der Waals surface area contributed by atoms with E-state index in [1.165, 1.54) is 17.0 Å². The second kappa shape index (κ2) is 8.09. The molecule has 0 saturated carbocycles. The first-order valence-electron chi connectivity index (χ1n) is 10.5. The lowest BCUT2D eigenvalue weighted by atomic mass is 9.90. The van der Waals surface area contributed by atoms with Crippen molar-refractivity contribution < 1.29 is 23.6 Å². The summed E-state index contributed by atoms with van der Waals surface area (Å²) in [5, 5.41) is 1.59. The molecule has 2 fully saturated rings. The van der Waals surface area contributed by atoms with Crippen molar-refractivity contribution in [2.45, 2.75) is 19.1 Å². The summed E-state index contributed by atoms with van der Waals surface area (Å²) in [6.07, 6.45) is -0.968. The Bertz CT molecular complexity index is 1130. The summed E-state index contributed by atoms with van der Waals surface area (Å²) in [4.78, 5) is 34.0. The van der Waals surface area contributed by atoms with E-state index in [1.807, 2.05) is 37.3 Å². The van der Waals surface area contributed by atoms with E-state index >= 15 is 0 Å². The summed E-state index contributed by atoms with van der Waals surface area (Å²) in [7, 11) is 0. The second-order valence-corrected chi connectivity index (χ2v) is 7.65. The highest BCUT2D eigenvalue weighted by molar-refractivity contribution is 6.23. The fourth-order valence-corrected chi connectivity index (χ4v) is 4.32. The number of hydrogen-bond donors (Lipinski definition) is 0. The molecule has 0 N–H and O–H groups in total. The van der Waals surface area contributed by atoms with Gasteiger partial charge in [0.1, 0.15) is 17.5 Å². The lowest BCUT2D eigenvalue weighted by Crippen LogP contribution is -2.37. The number of amides is 2. The molecule has 162 valence electrons. The third-order valence-corrected chi connectivity index (χ3v) is 5.74. The average molecular weight is 432 g/mol. The molecule has 2 aliphatic heterocycles. The maximum Gasteiger partial charge on any atom is 0.266 e. The van der Waals surface area contributed by atoms with Crippen LogP contribution in [0.2, 0.25) is 0 Å². The molecule has 0 unspecified atom stereocenters. The van der Waals surface area contributed by atoms with Gasteiger partial charge in [0.2, 0.25) is 5.91 Å². The van der Waals surface area contributed by atoms with Crippen molar-refractivity contribution in [3.8, 4) is 5.75 Å². The highest BCUT2D eigenvalue weighted by Gasteiger charge is 2.60. The number of fused-ring (bicyclic) bond motifs is 1. The number of para-hydroxylation sites is 1. The van der Waals surface area contributed by atoms with E-state index in [0.717, 1.165) is 0 Å². The van der Waals surface area contributed by atoms with E-state index in [-0.39, 0.29) is 11.7 Å². The van der Waals surface area contributed by atoms with Gasteiger partial charge in [-0.25, -0.2) is 14.4 Å². The van der Waals surface area contributed by atoms with Gasteiger partial charge in [0.05, 0.1) is 24.0 Å². The summed E-state index contributed by atoms with van der Waals surface area (Å²) in [6, 6.07) is 21.4. The lowest BCUT2D eigenvalue weighted by molar-refractivity contribution is -0.126. The molecule has 3 aromatic carbocycles. The molecule has 3 aromatic rings. The first-order valence-corrected chi connectivity index (χ1v) is 10.5. The molecule has 0 aromatic heterocycles. The Morgan fingerprint density at radius 2 is 1.56 bits per heavy atom. The number of imide groups is 1. The zero-order valence-electron chi connectivity index (χ0n) is 17.4. The Balaban J connectivity index is 1.53. The fraction of sp³-hybridized carbons (Fsp3) is 0.200. The van der Waals surface area contributed by atoms with Crippen LogP contribution in [0.5, 0.6) is 5.75 Å². The van der Waals surface area contributed by atoms with Crippen LogP contribution >= 0.6 is 0 Å². The van der Waals surface area contributed by atoms with Crippen LogP contribution in [0, 0.1) is 11.7 Å². The molecule has 2 amide bonds. The Morgan fingerprint density at radius 3 is 2.22 bits per heavy atom. The standard InChI is InChI=1S/C25H21FN2O4/c1-2-31-20-14-12-18(13-15-20)27-24(29)21-22(16-8-10-17(26)11-9-16)28(32-23(21)25(27)30)19-6-4-3-5-7-19/h3-15,21-23H,2H2,1H3/t21-,22+,23-/m0/s1. The smallest absolute Gasteiger partial charge is 0.266 e. The quantitative estimate of drug-likeness (QED) is 0.564. The number of carbonyl (C=O) groups is 2. The molecule has 2 aliphatic rings. The normalized spacial score (nSPS) is 22.4. The zero-order chi connectivity index (χ0) is 22.2. The Hall–Kier alpha value is -3.71. The number of ether oxygens (including phenoxy) is 1. The highest BCUT2D eigenvalue weighted by Crippen LogP contribution is 2.47. The van der Waals surface area contributed by atoms with Gasteiger partial charge in [-0.05, 0) is 61.0 Å². The van der Waals surface area contributed by atoms with Crippen LogP contribution in [0.15, 0.2) is 78.9 Å². The minimum Gasteiger partial charge on any atom is -0.494 e. The monoisotopic (exact) mass is 432 g/mol. The third-order valence-electron chi connectivity index (χ3n) is 5.74. The summed E-state index contributed by atoms with van der Waals surface area (Å²) in [5.74, 6) is -1.25. The Labute approximate surface area is 184 Å². The topological polar surface area (TPSA) is 59.1 Å². The van der Waals surface area contributed by atoms with E-state index in [2.05, 4.69) is 0 Å². The Morgan fingerprint density at radius 1 is 0.875 bits per heavy atom. The SMILES string of the molecule is CCOc1ccc(N2C(=O)[C@@H]3[C@H](ON(c4ccccc4)[C@@H]3c3ccc(F)cc3)C2=O)cc1. The minimum atomic E-state index is -0.968. The molecular weight excluding hydrogens is 411 g/mol. The molecule has 32 heavy (non-hydrogen) atoms. The molecule has 7 heteroatoms. The van der Waals surface area contributed by atoms with Gasteiger partial charge in [0, 0.05) is 0 Å². The predicted octanol–water partition coefficient (Wildman–Crippen LogP) is 4.28. The van der Waals surface area contributed by atoms with Crippen LogP contribution in [-0.4, -0.2) is 24.5 Å². The van der Waals surface area contributed by atoms with Crippen LogP contribution in [0.25, 0.3) is 0 Å². The van der Waals surface area contributed by atoms with Crippen LogP contribution in [-0.2, 0) is 14.4 Å². The number of hydroxylamine groups is 1. The van der Waals surface area contributed by atoms with E-state index in [0.29, 0.717) is 29.3 Å². The third kappa shape index (κ3) is 3.31. The number of halogens is 1. The molecular formula is C25H21FN2O4. The minimum absolute atomic E-state index is 0.350. The van der Waals surface area contributed by atoms with Gasteiger partial charge in [-0.2, -0.15) is 0 Å². The van der Waals surface area contributed by atoms with Crippen LogP contribution in [0.4, 0.5) is 15.8 Å². The first kappa shape index (κ1) is 20.2. The van der Waals surface area contributed by atoms with Gasteiger partial charge in [-0.15, -0.1) is 0 Å². The average Bonchev–Trinajstić information content (AvgIpc) is 3.32. The van der Waals surface area contributed by atoms with Crippen molar-refractivity contribution in [2.24, 2.45) is 5.92 Å². The second-order valence-electron chi connectivity index (χ2n) is 7.65. The number of anilines is 2. The lowest BCUT2D eigenvalue weighted by Gasteiger charge is -2.28. The van der Waals surface area contributed by atoms with Crippen LogP contribution in [0.3, 0.4) is 0 Å². The molecule has 2 heterocycles. The van der Waals surface area contributed by atoms with Crippen molar-refractivity contribution in [3.05, 3.63) is 90.2 Å². The maximum absolute atomic E-state index is 13.6. The molecule has 0 radical (unpaired) electrons. The van der Waals surface area contributed by atoms with Gasteiger partial charge in [0.25, 0.3) is 5.91 Å². The number of carbonyl (C=O) groups excluding carboxylic acids is 2. The molecule has 2 saturated heterocycles. The van der Waals surface area contributed by atoms with Gasteiger partial charge < -0.3 is 4.74 Å². The van der Waals surface area contributed by atoms with Crippen molar-refractivity contribution in [3.63, 3.8) is 0 Å². The van der Waals surface area contributed by atoms with Crippen molar-refractivity contribution in [1.29, 1.82) is 0 Å². The van der Waals surface area contributed by atoms with Crippen LogP contribution in [0.1, 0.15) is 18.5 Å². The van der Waals surface area contributed by atoms with E-state index < -0.39 is 24.0 Å². The summed E-state index contributed by atoms with van der Waals surface area (Å²) < 4.78 is 19.0. The summed E-state index contributed by atoms with van der Waals surface area (Å²) in [5.41, 5.74) is 1.87. The van der Waals surface area contributed by atoms with Crippen molar-refractivity contribution in [1.82, 2.24) is 0 Å². The van der Waals surface area contributed by atoms with Crippen molar-refractivity contribution in [2.75, 3.05) is 16.6 Å². The molecule has 6 nitrogen and oxygen atoms in total. The van der Waals surface area contributed by atoms with E-state index in [1.54, 1.807) is 41.5 Å². The van der Waals surface area contributed by atoms with Gasteiger partial charge in [-0.1, -0.05) is 30.3 Å². The van der Waals surface area contributed by atoms with E-state index in [4.69, 9.17) is 9.57 Å². The molecule has 0 aliphatic carbocycles. The van der Waals surface area contributed by atoms with Crippen LogP contribution < -0.4 is 14.7 Å². The summed E-state index contributed by atoms with van der Waals surface area (Å²) >= 11 is 0.